The molecule has 2 unspecified atom stereocenters. The average Bonchev–Trinajstić information content (AvgIpc) is 3.07. The van der Waals surface area contributed by atoms with Crippen LogP contribution in [-0.4, -0.2) is 60.0 Å². The van der Waals surface area contributed by atoms with E-state index in [1.54, 1.807) is 0 Å². The van der Waals surface area contributed by atoms with Gasteiger partial charge in [-0.25, -0.2) is 4.79 Å². The molecule has 3 fully saturated rings. The van der Waals surface area contributed by atoms with Gasteiger partial charge in [0.15, 0.2) is 0 Å². The van der Waals surface area contributed by atoms with Gasteiger partial charge in [0, 0.05) is 19.0 Å². The van der Waals surface area contributed by atoms with Crippen molar-refractivity contribution in [2.75, 3.05) is 32.7 Å². The number of nitrogens with two attached hydrogens (primary N) is 1. The zero-order valence-electron chi connectivity index (χ0n) is 12.6. The summed E-state index contributed by atoms with van der Waals surface area (Å²) in [7, 11) is 0. The highest BCUT2D eigenvalue weighted by Crippen LogP contribution is 2.37. The minimum atomic E-state index is -0.713. The molecular weight excluding hydrogens is 268 g/mol. The lowest BCUT2D eigenvalue weighted by Gasteiger charge is -2.38. The van der Waals surface area contributed by atoms with Gasteiger partial charge in [-0.1, -0.05) is 12.8 Å². The molecule has 1 spiro atoms. The molecule has 21 heavy (non-hydrogen) atoms. The van der Waals surface area contributed by atoms with E-state index in [0.717, 1.165) is 45.3 Å². The third-order valence-electron chi connectivity index (χ3n) is 5.40. The fourth-order valence-corrected chi connectivity index (χ4v) is 4.11. The summed E-state index contributed by atoms with van der Waals surface area (Å²) in [6, 6.07) is -0.223. The van der Waals surface area contributed by atoms with Gasteiger partial charge in [0.2, 0.25) is 0 Å². The van der Waals surface area contributed by atoms with Crippen molar-refractivity contribution in [2.45, 2.75) is 44.1 Å². The molecule has 2 saturated heterocycles. The lowest BCUT2D eigenvalue weighted by Crippen LogP contribution is -2.57. The monoisotopic (exact) mass is 294 g/mol. The number of amides is 3. The topological polar surface area (TPSA) is 78.7 Å². The Balaban J connectivity index is 1.68. The maximum atomic E-state index is 12.8. The van der Waals surface area contributed by atoms with Crippen molar-refractivity contribution in [2.24, 2.45) is 11.7 Å². The number of imide groups is 1. The first-order chi connectivity index (χ1) is 10.2. The summed E-state index contributed by atoms with van der Waals surface area (Å²) in [5.74, 6) is 0.0429. The molecule has 0 aromatic carbocycles. The molecule has 6 nitrogen and oxygen atoms in total. The molecule has 3 amide bonds. The summed E-state index contributed by atoms with van der Waals surface area (Å²) in [4.78, 5) is 28.8. The molecule has 6 heteroatoms. The molecule has 3 aliphatic rings. The van der Waals surface area contributed by atoms with Gasteiger partial charge in [-0.15, -0.1) is 0 Å². The minimum absolute atomic E-state index is 0.0400. The predicted octanol–water partition coefficient (Wildman–Crippen LogP) is 0.522. The van der Waals surface area contributed by atoms with Crippen LogP contribution in [0.1, 0.15) is 38.5 Å². The molecule has 1 aliphatic carbocycles. The van der Waals surface area contributed by atoms with E-state index in [1.165, 1.54) is 17.7 Å². The summed E-state index contributed by atoms with van der Waals surface area (Å²) < 4.78 is 0. The van der Waals surface area contributed by atoms with Gasteiger partial charge in [0.1, 0.15) is 5.54 Å². The molecule has 2 aliphatic heterocycles. The van der Waals surface area contributed by atoms with Crippen molar-refractivity contribution in [1.82, 2.24) is 15.1 Å². The molecule has 2 heterocycles. The first kappa shape index (κ1) is 14.8. The summed E-state index contributed by atoms with van der Waals surface area (Å²) in [5, 5.41) is 2.98. The van der Waals surface area contributed by atoms with Crippen LogP contribution in [-0.2, 0) is 4.79 Å². The van der Waals surface area contributed by atoms with E-state index in [2.05, 4.69) is 10.2 Å². The summed E-state index contributed by atoms with van der Waals surface area (Å²) in [6.07, 6.45) is 6.20. The fraction of sp³-hybridized carbons (Fsp3) is 0.867. The SMILES string of the molecule is NCC1CCCCC12NC(=O)N(CCN1CCCC1)C2=O. The molecule has 0 aromatic heterocycles. The van der Waals surface area contributed by atoms with Gasteiger partial charge >= 0.3 is 6.03 Å². The van der Waals surface area contributed by atoms with Crippen LogP contribution < -0.4 is 11.1 Å². The smallest absolute Gasteiger partial charge is 0.325 e. The molecular formula is C15H26N4O2. The van der Waals surface area contributed by atoms with Crippen molar-refractivity contribution < 1.29 is 9.59 Å². The first-order valence-electron chi connectivity index (χ1n) is 8.24. The largest absolute Gasteiger partial charge is 0.330 e. The Bertz CT molecular complexity index is 422. The highest BCUT2D eigenvalue weighted by Gasteiger charge is 2.55. The van der Waals surface area contributed by atoms with Gasteiger partial charge in [0.05, 0.1) is 0 Å². The van der Waals surface area contributed by atoms with Gasteiger partial charge in [0.25, 0.3) is 5.91 Å². The van der Waals surface area contributed by atoms with Crippen LogP contribution in [0.25, 0.3) is 0 Å². The van der Waals surface area contributed by atoms with Crippen LogP contribution in [0.3, 0.4) is 0 Å². The van der Waals surface area contributed by atoms with Gasteiger partial charge in [-0.3, -0.25) is 9.69 Å². The Hall–Kier alpha value is -1.14. The Kier molecular flexibility index (Phi) is 4.17. The third-order valence-corrected chi connectivity index (χ3v) is 5.40. The zero-order valence-corrected chi connectivity index (χ0v) is 12.6. The van der Waals surface area contributed by atoms with E-state index in [0.29, 0.717) is 13.1 Å². The van der Waals surface area contributed by atoms with Crippen molar-refractivity contribution >= 4 is 11.9 Å². The third kappa shape index (κ3) is 2.55. The second-order valence-electron chi connectivity index (χ2n) is 6.59. The van der Waals surface area contributed by atoms with Crippen molar-refractivity contribution in [3.8, 4) is 0 Å². The number of hydrogen-bond donors (Lipinski definition) is 2. The molecule has 118 valence electrons. The Labute approximate surface area is 126 Å². The molecule has 3 rings (SSSR count). The predicted molar refractivity (Wildman–Crippen MR) is 79.7 cm³/mol. The molecule has 0 radical (unpaired) electrons. The summed E-state index contributed by atoms with van der Waals surface area (Å²) in [6.45, 7) is 3.93. The van der Waals surface area contributed by atoms with E-state index in [-0.39, 0.29) is 17.9 Å². The van der Waals surface area contributed by atoms with E-state index >= 15 is 0 Å². The molecule has 0 bridgehead atoms. The number of carbonyl (C=O) groups is 2. The van der Waals surface area contributed by atoms with Crippen LogP contribution in [0.2, 0.25) is 0 Å². The Morgan fingerprint density at radius 2 is 1.90 bits per heavy atom. The van der Waals surface area contributed by atoms with Crippen LogP contribution in [0.4, 0.5) is 4.79 Å². The van der Waals surface area contributed by atoms with E-state index in [4.69, 9.17) is 5.73 Å². The average molecular weight is 294 g/mol. The van der Waals surface area contributed by atoms with Crippen LogP contribution in [0.15, 0.2) is 0 Å². The highest BCUT2D eigenvalue weighted by molar-refractivity contribution is 6.07. The van der Waals surface area contributed by atoms with Gasteiger partial charge < -0.3 is 16.0 Å². The number of nitrogens with zero attached hydrogens (tertiary/aromatic N) is 2. The molecule has 1 saturated carbocycles. The molecule has 0 aromatic rings. The number of rotatable bonds is 4. The van der Waals surface area contributed by atoms with Crippen LogP contribution >= 0.6 is 0 Å². The number of hydrogen-bond acceptors (Lipinski definition) is 4. The minimum Gasteiger partial charge on any atom is -0.330 e. The van der Waals surface area contributed by atoms with E-state index < -0.39 is 5.54 Å². The molecule has 3 N–H and O–H groups in total. The van der Waals surface area contributed by atoms with E-state index in [9.17, 15) is 9.59 Å². The zero-order chi connectivity index (χ0) is 14.9. The van der Waals surface area contributed by atoms with Crippen molar-refractivity contribution in [3.05, 3.63) is 0 Å². The molecule has 2 atom stereocenters. The number of likely N-dealkylation sites (tertiary alicyclic amines) is 1. The summed E-state index contributed by atoms with van der Waals surface area (Å²) in [5.41, 5.74) is 5.14. The standard InChI is InChI=1S/C15H26N4O2/c16-11-12-5-1-2-6-15(12)13(20)19(14(21)17-15)10-9-18-7-3-4-8-18/h12H,1-11,16H2,(H,17,21). The Morgan fingerprint density at radius 3 is 2.62 bits per heavy atom. The van der Waals surface area contributed by atoms with Crippen LogP contribution in [0, 0.1) is 5.92 Å². The second-order valence-corrected chi connectivity index (χ2v) is 6.59. The highest BCUT2D eigenvalue weighted by atomic mass is 16.2. The number of carbonyl (C=O) groups excluding carboxylic acids is 2. The number of urea groups is 1. The maximum absolute atomic E-state index is 12.8. The van der Waals surface area contributed by atoms with Gasteiger partial charge in [-0.05, 0) is 45.3 Å². The number of nitrogens with one attached hydrogen (secondary N) is 1. The van der Waals surface area contributed by atoms with Gasteiger partial charge in [-0.2, -0.15) is 0 Å². The Morgan fingerprint density at radius 1 is 1.14 bits per heavy atom. The first-order valence-corrected chi connectivity index (χ1v) is 8.24. The van der Waals surface area contributed by atoms with Crippen LogP contribution in [0.5, 0.6) is 0 Å². The van der Waals surface area contributed by atoms with E-state index in [1.807, 2.05) is 0 Å². The second kappa shape index (κ2) is 5.93. The van der Waals surface area contributed by atoms with Crippen molar-refractivity contribution in [1.29, 1.82) is 0 Å². The lowest BCUT2D eigenvalue weighted by atomic mass is 9.72. The van der Waals surface area contributed by atoms with Crippen molar-refractivity contribution in [3.63, 3.8) is 0 Å². The normalized spacial score (nSPS) is 34.0. The maximum Gasteiger partial charge on any atom is 0.325 e. The summed E-state index contributed by atoms with van der Waals surface area (Å²) >= 11 is 0. The lowest BCUT2D eigenvalue weighted by molar-refractivity contribution is -0.134. The quantitative estimate of drug-likeness (QED) is 0.741. The fourth-order valence-electron chi connectivity index (χ4n) is 4.11.